The number of likely N-dealkylation sites (tertiary alicyclic amines) is 1. The van der Waals surface area contributed by atoms with Crippen molar-refractivity contribution in [1.29, 1.82) is 0 Å². The Morgan fingerprint density at radius 1 is 1.23 bits per heavy atom. The highest BCUT2D eigenvalue weighted by Gasteiger charge is 2.25. The first kappa shape index (κ1) is 18.7. The molecule has 7 heteroatoms. The molecule has 0 unspecified atom stereocenters. The second kappa shape index (κ2) is 8.08. The van der Waals surface area contributed by atoms with E-state index in [0.717, 1.165) is 19.3 Å². The number of ether oxygens (including phenoxy) is 1. The summed E-state index contributed by atoms with van der Waals surface area (Å²) in [7, 11) is 0. The van der Waals surface area contributed by atoms with Crippen LogP contribution < -0.4 is 4.90 Å². The van der Waals surface area contributed by atoms with Gasteiger partial charge in [0.05, 0.1) is 16.3 Å². The Bertz CT molecular complexity index is 713. The number of carbonyl (C=O) groups excluding carboxylic acids is 3. The highest BCUT2D eigenvalue weighted by atomic mass is 35.5. The number of halogens is 1. The van der Waals surface area contributed by atoms with Gasteiger partial charge in [0, 0.05) is 26.1 Å². The molecule has 2 aliphatic heterocycles. The summed E-state index contributed by atoms with van der Waals surface area (Å²) in [5.74, 6) is -0.142. The van der Waals surface area contributed by atoms with Crippen LogP contribution in [0.25, 0.3) is 0 Å². The van der Waals surface area contributed by atoms with Crippen LogP contribution in [0.1, 0.15) is 43.0 Å². The van der Waals surface area contributed by atoms with E-state index in [1.807, 2.05) is 0 Å². The SMILES string of the molecule is CC1CCN(C(=O)COC(=O)c2ccc(Cl)c(N3CCCC3=O)c2)CC1. The van der Waals surface area contributed by atoms with Gasteiger partial charge in [0.1, 0.15) is 0 Å². The van der Waals surface area contributed by atoms with E-state index in [4.69, 9.17) is 16.3 Å². The summed E-state index contributed by atoms with van der Waals surface area (Å²) >= 11 is 6.18. The van der Waals surface area contributed by atoms with Crippen molar-refractivity contribution in [3.05, 3.63) is 28.8 Å². The van der Waals surface area contributed by atoms with Crippen molar-refractivity contribution in [2.45, 2.75) is 32.6 Å². The molecule has 0 aromatic heterocycles. The molecule has 0 saturated carbocycles. The summed E-state index contributed by atoms with van der Waals surface area (Å²) in [5, 5.41) is 0.412. The van der Waals surface area contributed by atoms with Crippen molar-refractivity contribution >= 4 is 35.1 Å². The number of benzene rings is 1. The van der Waals surface area contributed by atoms with E-state index in [1.165, 1.54) is 0 Å². The number of esters is 1. The van der Waals surface area contributed by atoms with Crippen molar-refractivity contribution in [3.8, 4) is 0 Å². The van der Waals surface area contributed by atoms with Gasteiger partial charge < -0.3 is 14.5 Å². The van der Waals surface area contributed by atoms with Crippen molar-refractivity contribution in [2.75, 3.05) is 31.1 Å². The quantitative estimate of drug-likeness (QED) is 0.755. The fourth-order valence-corrected chi connectivity index (χ4v) is 3.53. The average Bonchev–Trinajstić information content (AvgIpc) is 3.06. The molecule has 1 aromatic carbocycles. The van der Waals surface area contributed by atoms with Gasteiger partial charge in [-0.1, -0.05) is 18.5 Å². The van der Waals surface area contributed by atoms with Crippen LogP contribution in [-0.4, -0.2) is 48.9 Å². The third-order valence-electron chi connectivity index (χ3n) is 5.01. The van der Waals surface area contributed by atoms with E-state index >= 15 is 0 Å². The molecule has 3 rings (SSSR count). The van der Waals surface area contributed by atoms with Gasteiger partial charge in [0.2, 0.25) is 5.91 Å². The zero-order valence-electron chi connectivity index (χ0n) is 14.9. The van der Waals surface area contributed by atoms with Gasteiger partial charge in [-0.3, -0.25) is 9.59 Å². The Balaban J connectivity index is 1.61. The molecule has 0 bridgehead atoms. The van der Waals surface area contributed by atoms with Gasteiger partial charge in [-0.15, -0.1) is 0 Å². The average molecular weight is 379 g/mol. The second-order valence-electron chi connectivity index (χ2n) is 6.95. The Hall–Kier alpha value is -2.08. The third kappa shape index (κ3) is 4.18. The standard InChI is InChI=1S/C19H23ClN2O4/c1-13-6-9-21(10-7-13)18(24)12-26-19(25)14-4-5-15(20)16(11-14)22-8-2-3-17(22)23/h4-5,11,13H,2-3,6-10,12H2,1H3. The molecule has 0 N–H and O–H groups in total. The molecular formula is C19H23ClN2O4. The molecule has 2 saturated heterocycles. The van der Waals surface area contributed by atoms with E-state index in [-0.39, 0.29) is 24.0 Å². The zero-order valence-corrected chi connectivity index (χ0v) is 15.6. The highest BCUT2D eigenvalue weighted by molar-refractivity contribution is 6.34. The number of anilines is 1. The van der Waals surface area contributed by atoms with Crippen molar-refractivity contribution in [2.24, 2.45) is 5.92 Å². The largest absolute Gasteiger partial charge is 0.452 e. The predicted molar refractivity (Wildman–Crippen MR) is 98.3 cm³/mol. The first-order valence-electron chi connectivity index (χ1n) is 9.00. The summed E-state index contributed by atoms with van der Waals surface area (Å²) in [4.78, 5) is 39.7. The Kier molecular flexibility index (Phi) is 5.81. The molecule has 0 aliphatic carbocycles. The molecule has 0 atom stereocenters. The van der Waals surface area contributed by atoms with Crippen LogP contribution in [-0.2, 0) is 14.3 Å². The van der Waals surface area contributed by atoms with Crippen LogP contribution in [0, 0.1) is 5.92 Å². The Labute approximate surface area is 158 Å². The predicted octanol–water partition coefficient (Wildman–Crippen LogP) is 2.88. The minimum absolute atomic E-state index is 0.00748. The molecule has 2 aliphatic rings. The molecule has 0 spiro atoms. The Morgan fingerprint density at radius 2 is 1.96 bits per heavy atom. The minimum Gasteiger partial charge on any atom is -0.452 e. The van der Waals surface area contributed by atoms with Crippen LogP contribution in [0.15, 0.2) is 18.2 Å². The summed E-state index contributed by atoms with van der Waals surface area (Å²) in [5.41, 5.74) is 0.795. The molecule has 2 heterocycles. The maximum absolute atomic E-state index is 12.3. The highest BCUT2D eigenvalue weighted by Crippen LogP contribution is 2.30. The lowest BCUT2D eigenvalue weighted by atomic mass is 9.99. The maximum atomic E-state index is 12.3. The Morgan fingerprint density at radius 3 is 2.62 bits per heavy atom. The number of carbonyl (C=O) groups is 3. The van der Waals surface area contributed by atoms with Crippen molar-refractivity contribution < 1.29 is 19.1 Å². The first-order valence-corrected chi connectivity index (χ1v) is 9.38. The van der Waals surface area contributed by atoms with Crippen LogP contribution in [0.2, 0.25) is 5.02 Å². The van der Waals surface area contributed by atoms with E-state index in [1.54, 1.807) is 28.0 Å². The maximum Gasteiger partial charge on any atom is 0.338 e. The van der Waals surface area contributed by atoms with Gasteiger partial charge in [-0.05, 0) is 43.4 Å². The second-order valence-corrected chi connectivity index (χ2v) is 7.36. The smallest absolute Gasteiger partial charge is 0.338 e. The number of rotatable bonds is 4. The first-order chi connectivity index (χ1) is 12.5. The number of hydrogen-bond donors (Lipinski definition) is 0. The normalized spacial score (nSPS) is 18.3. The summed E-state index contributed by atoms with van der Waals surface area (Å²) in [6.45, 7) is 3.90. The molecular weight excluding hydrogens is 356 g/mol. The van der Waals surface area contributed by atoms with Crippen molar-refractivity contribution in [3.63, 3.8) is 0 Å². The lowest BCUT2D eigenvalue weighted by Gasteiger charge is -2.30. The van der Waals surface area contributed by atoms with Gasteiger partial charge in [-0.2, -0.15) is 0 Å². The van der Waals surface area contributed by atoms with Gasteiger partial charge >= 0.3 is 5.97 Å². The van der Waals surface area contributed by atoms with E-state index < -0.39 is 5.97 Å². The number of nitrogens with zero attached hydrogens (tertiary/aromatic N) is 2. The number of hydrogen-bond acceptors (Lipinski definition) is 4. The molecule has 2 fully saturated rings. The van der Waals surface area contributed by atoms with E-state index in [9.17, 15) is 14.4 Å². The number of piperidine rings is 1. The summed E-state index contributed by atoms with van der Waals surface area (Å²) < 4.78 is 5.18. The van der Waals surface area contributed by atoms with Crippen LogP contribution in [0.5, 0.6) is 0 Å². The fraction of sp³-hybridized carbons (Fsp3) is 0.526. The zero-order chi connectivity index (χ0) is 18.7. The third-order valence-corrected chi connectivity index (χ3v) is 5.33. The molecule has 6 nitrogen and oxygen atoms in total. The molecule has 0 radical (unpaired) electrons. The van der Waals surface area contributed by atoms with Crippen molar-refractivity contribution in [1.82, 2.24) is 4.90 Å². The number of amides is 2. The monoisotopic (exact) mass is 378 g/mol. The van der Waals surface area contributed by atoms with E-state index in [2.05, 4.69) is 6.92 Å². The molecule has 1 aromatic rings. The fourth-order valence-electron chi connectivity index (χ4n) is 3.31. The summed E-state index contributed by atoms with van der Waals surface area (Å²) in [6.07, 6.45) is 3.20. The van der Waals surface area contributed by atoms with E-state index in [0.29, 0.717) is 42.7 Å². The van der Waals surface area contributed by atoms with Gasteiger partial charge in [-0.25, -0.2) is 4.79 Å². The molecule has 2 amide bonds. The minimum atomic E-state index is -0.590. The summed E-state index contributed by atoms with van der Waals surface area (Å²) in [6, 6.07) is 4.68. The van der Waals surface area contributed by atoms with Crippen LogP contribution in [0.4, 0.5) is 5.69 Å². The van der Waals surface area contributed by atoms with Crippen LogP contribution in [0.3, 0.4) is 0 Å². The molecule has 26 heavy (non-hydrogen) atoms. The molecule has 140 valence electrons. The lowest BCUT2D eigenvalue weighted by molar-refractivity contribution is -0.135. The topological polar surface area (TPSA) is 66.9 Å². The lowest BCUT2D eigenvalue weighted by Crippen LogP contribution is -2.40. The van der Waals surface area contributed by atoms with Crippen LogP contribution >= 0.6 is 11.6 Å². The van der Waals surface area contributed by atoms with Gasteiger partial charge in [0.15, 0.2) is 6.61 Å². The van der Waals surface area contributed by atoms with Gasteiger partial charge in [0.25, 0.3) is 5.91 Å².